The normalized spacial score (nSPS) is 11.8. The van der Waals surface area contributed by atoms with Crippen molar-refractivity contribution in [2.75, 3.05) is 0 Å². The van der Waals surface area contributed by atoms with Crippen molar-refractivity contribution in [1.82, 2.24) is 20.4 Å². The SMILES string of the molecule is c1ccc2c(c1)-c1ccnc3nnnc-2c13. The number of rotatable bonds is 0. The van der Waals surface area contributed by atoms with Gasteiger partial charge in [0, 0.05) is 11.8 Å². The Morgan fingerprint density at radius 2 is 1.69 bits per heavy atom. The molecule has 3 aromatic rings. The molecule has 0 amide bonds. The molecule has 0 fully saturated rings. The Morgan fingerprint density at radius 1 is 0.812 bits per heavy atom. The summed E-state index contributed by atoms with van der Waals surface area (Å²) >= 11 is 0. The molecule has 16 heavy (non-hydrogen) atoms. The second kappa shape index (κ2) is 2.61. The standard InChI is InChI=1S/C12H6N4/c1-2-4-9-7(3-1)8-5-6-13-12-10(8)11(9)14-16-15-12/h1-6H. The molecule has 4 heteroatoms. The van der Waals surface area contributed by atoms with Crippen molar-refractivity contribution in [2.45, 2.75) is 0 Å². The van der Waals surface area contributed by atoms with E-state index in [4.69, 9.17) is 0 Å². The molecule has 4 nitrogen and oxygen atoms in total. The molecule has 0 saturated heterocycles. The van der Waals surface area contributed by atoms with Crippen molar-refractivity contribution in [3.8, 4) is 22.4 Å². The molecule has 0 spiro atoms. The summed E-state index contributed by atoms with van der Waals surface area (Å²) in [6.45, 7) is 0. The van der Waals surface area contributed by atoms with Crippen LogP contribution in [0, 0.1) is 0 Å². The molecule has 0 saturated carbocycles. The van der Waals surface area contributed by atoms with Gasteiger partial charge in [0.15, 0.2) is 5.65 Å². The third-order valence-electron chi connectivity index (χ3n) is 2.92. The number of hydrogen-bond acceptors (Lipinski definition) is 4. The van der Waals surface area contributed by atoms with Gasteiger partial charge in [0.2, 0.25) is 0 Å². The van der Waals surface area contributed by atoms with E-state index in [9.17, 15) is 0 Å². The summed E-state index contributed by atoms with van der Waals surface area (Å²) in [5, 5.41) is 12.8. The minimum absolute atomic E-state index is 0.665. The van der Waals surface area contributed by atoms with Gasteiger partial charge in [-0.3, -0.25) is 0 Å². The third kappa shape index (κ3) is 0.798. The van der Waals surface area contributed by atoms with E-state index in [-0.39, 0.29) is 0 Å². The zero-order valence-electron chi connectivity index (χ0n) is 8.25. The Bertz CT molecular complexity index is 663. The van der Waals surface area contributed by atoms with E-state index in [1.165, 1.54) is 5.56 Å². The maximum atomic E-state index is 4.21. The van der Waals surface area contributed by atoms with Gasteiger partial charge < -0.3 is 0 Å². The summed E-state index contributed by atoms with van der Waals surface area (Å²) in [7, 11) is 0. The van der Waals surface area contributed by atoms with Gasteiger partial charge in [-0.1, -0.05) is 24.3 Å². The Kier molecular flexibility index (Phi) is 1.28. The van der Waals surface area contributed by atoms with E-state index in [1.54, 1.807) is 6.20 Å². The predicted molar refractivity (Wildman–Crippen MR) is 59.6 cm³/mol. The van der Waals surface area contributed by atoms with Crippen molar-refractivity contribution in [2.24, 2.45) is 0 Å². The van der Waals surface area contributed by atoms with Crippen LogP contribution in [0.3, 0.4) is 0 Å². The van der Waals surface area contributed by atoms with Crippen molar-refractivity contribution in [1.29, 1.82) is 0 Å². The maximum Gasteiger partial charge on any atom is 0.186 e. The zero-order chi connectivity index (χ0) is 10.5. The predicted octanol–water partition coefficient (Wildman–Crippen LogP) is 2.07. The number of pyridine rings is 1. The van der Waals surface area contributed by atoms with Gasteiger partial charge in [-0.05, 0) is 22.4 Å². The van der Waals surface area contributed by atoms with Gasteiger partial charge >= 0.3 is 0 Å². The lowest BCUT2D eigenvalue weighted by atomic mass is 10.1. The molecular weight excluding hydrogens is 200 g/mol. The van der Waals surface area contributed by atoms with Crippen molar-refractivity contribution < 1.29 is 0 Å². The largest absolute Gasteiger partial charge is 0.235 e. The summed E-state index contributed by atoms with van der Waals surface area (Å²) in [5.41, 5.74) is 5.01. The highest BCUT2D eigenvalue weighted by molar-refractivity contribution is 6.11. The molecule has 4 rings (SSSR count). The van der Waals surface area contributed by atoms with Crippen LogP contribution < -0.4 is 0 Å². The number of benzene rings is 1. The van der Waals surface area contributed by atoms with Crippen LogP contribution in [0.2, 0.25) is 0 Å². The Morgan fingerprint density at radius 3 is 2.62 bits per heavy atom. The molecule has 0 aliphatic heterocycles. The van der Waals surface area contributed by atoms with Crippen molar-refractivity contribution >= 4 is 11.0 Å². The fraction of sp³-hybridized carbons (Fsp3) is 0. The first kappa shape index (κ1) is 7.87. The Balaban J connectivity index is 2.31. The quantitative estimate of drug-likeness (QED) is 0.442. The summed E-state index contributed by atoms with van der Waals surface area (Å²) in [6, 6.07) is 10.2. The van der Waals surface area contributed by atoms with Crippen molar-refractivity contribution in [3.63, 3.8) is 0 Å². The van der Waals surface area contributed by atoms with Gasteiger partial charge in [0.25, 0.3) is 0 Å². The molecule has 1 aliphatic rings. The first-order valence-corrected chi connectivity index (χ1v) is 5.03. The van der Waals surface area contributed by atoms with E-state index in [2.05, 4.69) is 32.5 Å². The smallest absolute Gasteiger partial charge is 0.186 e. The Hall–Kier alpha value is -2.36. The highest BCUT2D eigenvalue weighted by Crippen LogP contribution is 2.43. The van der Waals surface area contributed by atoms with Gasteiger partial charge in [-0.15, -0.1) is 10.2 Å². The van der Waals surface area contributed by atoms with E-state index < -0.39 is 0 Å². The van der Waals surface area contributed by atoms with E-state index in [0.29, 0.717) is 5.65 Å². The summed E-state index contributed by atoms with van der Waals surface area (Å²) in [5.74, 6) is 0. The van der Waals surface area contributed by atoms with Crippen LogP contribution in [-0.2, 0) is 0 Å². The topological polar surface area (TPSA) is 51.6 Å². The van der Waals surface area contributed by atoms with Crippen LogP contribution in [0.1, 0.15) is 0 Å². The van der Waals surface area contributed by atoms with E-state index in [0.717, 1.165) is 22.2 Å². The van der Waals surface area contributed by atoms with Gasteiger partial charge in [0.1, 0.15) is 5.69 Å². The van der Waals surface area contributed by atoms with Gasteiger partial charge in [-0.25, -0.2) is 4.98 Å². The molecule has 74 valence electrons. The minimum Gasteiger partial charge on any atom is -0.235 e. The lowest BCUT2D eigenvalue weighted by Gasteiger charge is -1.97. The highest BCUT2D eigenvalue weighted by atomic mass is 15.3. The average Bonchev–Trinajstić information content (AvgIpc) is 2.68. The molecule has 0 unspecified atom stereocenters. The fourth-order valence-corrected chi connectivity index (χ4v) is 2.26. The zero-order valence-corrected chi connectivity index (χ0v) is 8.25. The van der Waals surface area contributed by atoms with Gasteiger partial charge in [0.05, 0.1) is 5.39 Å². The molecular formula is C12H6N4. The van der Waals surface area contributed by atoms with Crippen molar-refractivity contribution in [3.05, 3.63) is 36.5 Å². The van der Waals surface area contributed by atoms with Crippen LogP contribution in [0.5, 0.6) is 0 Å². The van der Waals surface area contributed by atoms with Gasteiger partial charge in [-0.2, -0.15) is 0 Å². The third-order valence-corrected chi connectivity index (χ3v) is 2.92. The molecule has 1 aliphatic carbocycles. The average molecular weight is 206 g/mol. The molecule has 2 heterocycles. The monoisotopic (exact) mass is 206 g/mol. The highest BCUT2D eigenvalue weighted by Gasteiger charge is 2.23. The van der Waals surface area contributed by atoms with Crippen LogP contribution in [0.25, 0.3) is 33.4 Å². The minimum atomic E-state index is 0.665. The second-order valence-corrected chi connectivity index (χ2v) is 3.74. The number of nitrogens with zero attached hydrogens (tertiary/aromatic N) is 4. The molecule has 0 bridgehead atoms. The molecule has 0 radical (unpaired) electrons. The molecule has 1 aromatic carbocycles. The number of fused-ring (bicyclic) bond motifs is 3. The fourth-order valence-electron chi connectivity index (χ4n) is 2.26. The van der Waals surface area contributed by atoms with Crippen LogP contribution in [0.15, 0.2) is 36.5 Å². The molecule has 2 aromatic heterocycles. The number of hydrogen-bond donors (Lipinski definition) is 0. The van der Waals surface area contributed by atoms with Crippen LogP contribution >= 0.6 is 0 Å². The lowest BCUT2D eigenvalue weighted by Crippen LogP contribution is -1.92. The number of aromatic nitrogens is 4. The molecule has 0 atom stereocenters. The lowest BCUT2D eigenvalue weighted by molar-refractivity contribution is 0.893. The maximum absolute atomic E-state index is 4.21. The van der Waals surface area contributed by atoms with E-state index in [1.807, 2.05) is 18.2 Å². The Labute approximate surface area is 91.0 Å². The summed E-state index contributed by atoms with van der Waals surface area (Å²) in [4.78, 5) is 4.21. The first-order valence-electron chi connectivity index (χ1n) is 5.03. The molecule has 0 N–H and O–H groups in total. The van der Waals surface area contributed by atoms with Crippen LogP contribution in [0.4, 0.5) is 0 Å². The van der Waals surface area contributed by atoms with E-state index >= 15 is 0 Å². The summed E-state index contributed by atoms with van der Waals surface area (Å²) in [6.07, 6.45) is 1.76. The van der Waals surface area contributed by atoms with Crippen LogP contribution in [-0.4, -0.2) is 20.4 Å². The first-order chi connectivity index (χ1) is 7.95. The second-order valence-electron chi connectivity index (χ2n) is 3.74. The summed E-state index contributed by atoms with van der Waals surface area (Å²) < 4.78 is 0.